The van der Waals surface area contributed by atoms with Crippen LogP contribution < -0.4 is 16.1 Å². The van der Waals surface area contributed by atoms with E-state index in [9.17, 15) is 19.2 Å². The number of ether oxygens (including phenoxy) is 1. The van der Waals surface area contributed by atoms with Gasteiger partial charge in [0.1, 0.15) is 0 Å². The molecule has 1 aromatic carbocycles. The largest absolute Gasteiger partial charge is 0.454 e. The van der Waals surface area contributed by atoms with Crippen molar-refractivity contribution in [3.63, 3.8) is 0 Å². The summed E-state index contributed by atoms with van der Waals surface area (Å²) in [6, 6.07) is 7.36. The number of amides is 2. The van der Waals surface area contributed by atoms with Crippen LogP contribution in [0.2, 0.25) is 0 Å². The SMILES string of the molecule is CC.CCCCNC.CCNN(C(=O)CC)C(C)CC(C)C(NC=O)C(=O)COC(=O)c1ccccc1. The van der Waals surface area contributed by atoms with Crippen LogP contribution in [-0.2, 0) is 19.1 Å². The van der Waals surface area contributed by atoms with Gasteiger partial charge < -0.3 is 15.4 Å². The van der Waals surface area contributed by atoms with Crippen molar-refractivity contribution in [3.8, 4) is 0 Å². The lowest BCUT2D eigenvalue weighted by Gasteiger charge is -2.32. The van der Waals surface area contributed by atoms with Crippen molar-refractivity contribution in [2.75, 3.05) is 26.7 Å². The van der Waals surface area contributed by atoms with Crippen molar-refractivity contribution in [2.45, 2.75) is 86.2 Å². The highest BCUT2D eigenvalue weighted by atomic mass is 16.5. The molecule has 0 aromatic heterocycles. The van der Waals surface area contributed by atoms with Crippen LogP contribution in [0.4, 0.5) is 0 Å². The average Bonchev–Trinajstić information content (AvgIpc) is 2.93. The highest BCUT2D eigenvalue weighted by molar-refractivity contribution is 5.93. The third-order valence-corrected chi connectivity index (χ3v) is 5.35. The zero-order chi connectivity index (χ0) is 28.6. The summed E-state index contributed by atoms with van der Waals surface area (Å²) in [5.41, 5.74) is 3.38. The molecule has 9 heteroatoms. The van der Waals surface area contributed by atoms with E-state index in [2.05, 4.69) is 23.0 Å². The first-order valence-corrected chi connectivity index (χ1v) is 13.4. The van der Waals surface area contributed by atoms with Crippen molar-refractivity contribution in [3.05, 3.63) is 35.9 Å². The first kappa shape index (κ1) is 36.4. The summed E-state index contributed by atoms with van der Waals surface area (Å²) >= 11 is 0. The van der Waals surface area contributed by atoms with Gasteiger partial charge in [0, 0.05) is 19.0 Å². The summed E-state index contributed by atoms with van der Waals surface area (Å²) in [7, 11) is 1.98. The molecular weight excluding hydrogens is 472 g/mol. The Hall–Kier alpha value is -2.78. The second kappa shape index (κ2) is 23.6. The monoisotopic (exact) mass is 522 g/mol. The molecule has 0 heterocycles. The van der Waals surface area contributed by atoms with Crippen LogP contribution in [0, 0.1) is 5.92 Å². The van der Waals surface area contributed by atoms with Crippen LogP contribution in [0.25, 0.3) is 0 Å². The lowest BCUT2D eigenvalue weighted by molar-refractivity contribution is -0.137. The molecule has 3 unspecified atom stereocenters. The molecular formula is C28H50N4O5. The maximum absolute atomic E-state index is 12.6. The number of nitrogens with zero attached hydrogens (tertiary/aromatic N) is 1. The summed E-state index contributed by atoms with van der Waals surface area (Å²) in [5, 5.41) is 7.15. The minimum atomic E-state index is -0.821. The average molecular weight is 523 g/mol. The van der Waals surface area contributed by atoms with E-state index in [1.165, 1.54) is 12.8 Å². The highest BCUT2D eigenvalue weighted by Gasteiger charge is 2.29. The smallest absolute Gasteiger partial charge is 0.338 e. The molecule has 2 amide bonds. The van der Waals surface area contributed by atoms with Crippen molar-refractivity contribution in [1.82, 2.24) is 21.1 Å². The van der Waals surface area contributed by atoms with Crippen molar-refractivity contribution < 1.29 is 23.9 Å². The van der Waals surface area contributed by atoms with Crippen LogP contribution >= 0.6 is 0 Å². The Morgan fingerprint density at radius 1 is 1.05 bits per heavy atom. The Bertz CT molecular complexity index is 741. The number of rotatable bonds is 16. The van der Waals surface area contributed by atoms with Crippen molar-refractivity contribution >= 4 is 24.1 Å². The van der Waals surface area contributed by atoms with E-state index >= 15 is 0 Å². The maximum Gasteiger partial charge on any atom is 0.338 e. The van der Waals surface area contributed by atoms with Crippen LogP contribution in [0.5, 0.6) is 0 Å². The van der Waals surface area contributed by atoms with Gasteiger partial charge in [-0.3, -0.25) is 19.4 Å². The number of unbranched alkanes of at least 4 members (excludes halogenated alkanes) is 1. The Morgan fingerprint density at radius 2 is 1.68 bits per heavy atom. The standard InChI is InChI=1S/C21H31N3O5.C5H13N.C2H6/c1-5-19(27)24(23-6-2)16(4)12-15(3)20(22-14-25)18(26)13-29-21(28)17-10-8-7-9-11-17;1-3-4-5-6-2;1-2/h7-11,14-16,20,23H,5-6,12-13H2,1-4H3,(H,22,25);6H,3-5H2,1-2H3;1-2H3. The molecule has 37 heavy (non-hydrogen) atoms. The molecule has 9 nitrogen and oxygen atoms in total. The second-order valence-corrected chi connectivity index (χ2v) is 8.32. The highest BCUT2D eigenvalue weighted by Crippen LogP contribution is 2.16. The van der Waals surface area contributed by atoms with Gasteiger partial charge in [0.2, 0.25) is 12.3 Å². The molecule has 0 aliphatic heterocycles. The zero-order valence-corrected chi connectivity index (χ0v) is 24.1. The Labute approximate surface area is 224 Å². The first-order valence-electron chi connectivity index (χ1n) is 13.4. The number of hydrogen-bond donors (Lipinski definition) is 3. The molecule has 0 fully saturated rings. The van der Waals surface area contributed by atoms with Gasteiger partial charge in [-0.05, 0) is 51.4 Å². The Morgan fingerprint density at radius 3 is 2.14 bits per heavy atom. The molecule has 0 aliphatic rings. The minimum Gasteiger partial charge on any atom is -0.454 e. The van der Waals surface area contributed by atoms with E-state index < -0.39 is 24.4 Å². The van der Waals surface area contributed by atoms with Gasteiger partial charge in [0.15, 0.2) is 12.4 Å². The molecule has 0 bridgehead atoms. The molecule has 0 saturated heterocycles. The van der Waals surface area contributed by atoms with Crippen molar-refractivity contribution in [1.29, 1.82) is 0 Å². The van der Waals surface area contributed by atoms with Gasteiger partial charge in [-0.2, -0.15) is 0 Å². The van der Waals surface area contributed by atoms with E-state index in [0.717, 1.165) is 6.54 Å². The Kier molecular flexibility index (Phi) is 23.2. The number of Topliss-reactive ketones (excluding diaryl/α,β-unsaturated/α-hetero) is 1. The topological polar surface area (TPSA) is 117 Å². The van der Waals surface area contributed by atoms with E-state index in [0.29, 0.717) is 31.4 Å². The van der Waals surface area contributed by atoms with Crippen LogP contribution in [0.15, 0.2) is 30.3 Å². The van der Waals surface area contributed by atoms with E-state index in [4.69, 9.17) is 4.74 Å². The lowest BCUT2D eigenvalue weighted by Crippen LogP contribution is -2.51. The molecule has 1 aromatic rings. The van der Waals surface area contributed by atoms with Gasteiger partial charge in [-0.25, -0.2) is 10.2 Å². The fourth-order valence-corrected chi connectivity index (χ4v) is 3.50. The van der Waals surface area contributed by atoms with E-state index in [1.54, 1.807) is 42.3 Å². The number of nitrogens with one attached hydrogen (secondary N) is 3. The fraction of sp³-hybridized carbons (Fsp3) is 0.643. The van der Waals surface area contributed by atoms with Crippen LogP contribution in [-0.4, -0.2) is 67.9 Å². The van der Waals surface area contributed by atoms with Gasteiger partial charge in [0.25, 0.3) is 0 Å². The Balaban J connectivity index is 0. The predicted molar refractivity (Wildman–Crippen MR) is 149 cm³/mol. The number of carbonyl (C=O) groups is 4. The third-order valence-electron chi connectivity index (χ3n) is 5.35. The van der Waals surface area contributed by atoms with Crippen LogP contribution in [0.3, 0.4) is 0 Å². The molecule has 0 aliphatic carbocycles. The van der Waals surface area contributed by atoms with Gasteiger partial charge in [-0.1, -0.05) is 66.2 Å². The third kappa shape index (κ3) is 15.8. The molecule has 0 spiro atoms. The maximum atomic E-state index is 12.6. The summed E-state index contributed by atoms with van der Waals surface area (Å²) in [6.45, 7) is 14.9. The molecule has 1 rings (SSSR count). The molecule has 212 valence electrons. The quantitative estimate of drug-likeness (QED) is 0.131. The summed E-state index contributed by atoms with van der Waals surface area (Å²) in [5.74, 6) is -1.33. The summed E-state index contributed by atoms with van der Waals surface area (Å²) in [6.07, 6.45) is 3.89. The fourth-order valence-electron chi connectivity index (χ4n) is 3.50. The summed E-state index contributed by atoms with van der Waals surface area (Å²) in [4.78, 5) is 47.8. The number of hydrogen-bond acceptors (Lipinski definition) is 7. The normalized spacial score (nSPS) is 12.3. The van der Waals surface area contributed by atoms with Crippen molar-refractivity contribution in [2.24, 2.45) is 5.92 Å². The number of benzene rings is 1. The number of hydrazine groups is 1. The second-order valence-electron chi connectivity index (χ2n) is 8.32. The number of esters is 1. The van der Waals surface area contributed by atoms with Gasteiger partial charge in [-0.15, -0.1) is 0 Å². The van der Waals surface area contributed by atoms with Gasteiger partial charge >= 0.3 is 5.97 Å². The summed E-state index contributed by atoms with van der Waals surface area (Å²) < 4.78 is 5.09. The molecule has 0 radical (unpaired) electrons. The lowest BCUT2D eigenvalue weighted by atomic mass is 9.91. The number of carbonyl (C=O) groups excluding carboxylic acids is 4. The molecule has 3 N–H and O–H groups in total. The van der Waals surface area contributed by atoms with Crippen LogP contribution in [0.1, 0.15) is 84.5 Å². The van der Waals surface area contributed by atoms with E-state index in [1.807, 2.05) is 41.7 Å². The number of ketones is 1. The molecule has 3 atom stereocenters. The first-order chi connectivity index (χ1) is 17.8. The molecule has 0 saturated carbocycles. The van der Waals surface area contributed by atoms with Gasteiger partial charge in [0.05, 0.1) is 11.6 Å². The zero-order valence-electron chi connectivity index (χ0n) is 24.1. The van der Waals surface area contributed by atoms with E-state index in [-0.39, 0.29) is 17.9 Å². The minimum absolute atomic E-state index is 0.0467. The predicted octanol–water partition coefficient (Wildman–Crippen LogP) is 3.74.